The first-order valence-electron chi connectivity index (χ1n) is 16.1. The van der Waals surface area contributed by atoms with Crippen molar-refractivity contribution < 1.29 is 9.53 Å². The molecule has 5 rings (SSSR count). The van der Waals surface area contributed by atoms with Gasteiger partial charge in [-0.2, -0.15) is 0 Å². The van der Waals surface area contributed by atoms with Crippen LogP contribution in [0.15, 0.2) is 0 Å². The number of fused-ring (bicyclic) bond motifs is 2. The van der Waals surface area contributed by atoms with E-state index in [-0.39, 0.29) is 23.4 Å². The van der Waals surface area contributed by atoms with E-state index in [1.54, 1.807) is 0 Å². The first-order valence-corrected chi connectivity index (χ1v) is 16.1. The molecule has 206 valence electrons. The van der Waals surface area contributed by atoms with E-state index < -0.39 is 0 Å². The van der Waals surface area contributed by atoms with E-state index in [9.17, 15) is 4.79 Å². The number of carbonyl (C=O) groups excluding carboxylic acids is 1. The normalized spacial score (nSPS) is 46.2. The molecule has 5 aliphatic rings. The van der Waals surface area contributed by atoms with Gasteiger partial charge in [0.25, 0.3) is 0 Å². The Morgan fingerprint density at radius 1 is 0.861 bits per heavy atom. The van der Waals surface area contributed by atoms with Crippen molar-refractivity contribution in [1.82, 2.24) is 0 Å². The van der Waals surface area contributed by atoms with Gasteiger partial charge in [-0.1, -0.05) is 74.7 Å². The number of ether oxygens (including phenoxy) is 1. The second-order valence-electron chi connectivity index (χ2n) is 15.9. The molecule has 5 aliphatic carbocycles. The Labute approximate surface area is 223 Å². The molecule has 0 radical (unpaired) electrons. The average Bonchev–Trinajstić information content (AvgIpc) is 3.36. The standard InChI is InChI=1S/C34H58O2/c1-9-23(4)30(35)36-29-17-18-34-21-33(34)20-19-32(8)25(24(5)12-10-11-22(2)3)13-14-26(32)27(33)15-16-28(34)31(29,6)7/h22-29H,9-21H2,1-8H3/t23-,24-,25-,26+,27+,28+,29+,32-,33+,34-/m1/s1. The topological polar surface area (TPSA) is 26.3 Å². The third-order valence-electron chi connectivity index (χ3n) is 13.7. The van der Waals surface area contributed by atoms with Crippen LogP contribution in [0.2, 0.25) is 0 Å². The highest BCUT2D eigenvalue weighted by Crippen LogP contribution is 2.87. The molecule has 10 atom stereocenters. The summed E-state index contributed by atoms with van der Waals surface area (Å²) in [5.74, 6) is 5.43. The lowest BCUT2D eigenvalue weighted by Gasteiger charge is -2.59. The summed E-state index contributed by atoms with van der Waals surface area (Å²) in [6.45, 7) is 19.1. The van der Waals surface area contributed by atoms with Crippen LogP contribution in [0.25, 0.3) is 0 Å². The van der Waals surface area contributed by atoms with E-state index in [0.717, 1.165) is 48.3 Å². The minimum Gasteiger partial charge on any atom is -0.462 e. The molecule has 5 fully saturated rings. The summed E-state index contributed by atoms with van der Waals surface area (Å²) in [5.41, 5.74) is 1.88. The Morgan fingerprint density at radius 3 is 2.28 bits per heavy atom. The van der Waals surface area contributed by atoms with Crippen molar-refractivity contribution in [3.05, 3.63) is 0 Å². The van der Waals surface area contributed by atoms with Crippen molar-refractivity contribution in [1.29, 1.82) is 0 Å². The predicted molar refractivity (Wildman–Crippen MR) is 149 cm³/mol. The van der Waals surface area contributed by atoms with E-state index in [4.69, 9.17) is 4.74 Å². The molecule has 0 aromatic rings. The van der Waals surface area contributed by atoms with Gasteiger partial charge in [0.1, 0.15) is 6.10 Å². The summed E-state index contributed by atoms with van der Waals surface area (Å²) in [6, 6.07) is 0. The lowest BCUT2D eigenvalue weighted by atomic mass is 9.46. The molecule has 2 spiro atoms. The predicted octanol–water partition coefficient (Wildman–Crippen LogP) is 9.46. The van der Waals surface area contributed by atoms with Gasteiger partial charge in [-0.3, -0.25) is 4.79 Å². The van der Waals surface area contributed by atoms with Gasteiger partial charge in [-0.05, 0) is 116 Å². The lowest BCUT2D eigenvalue weighted by molar-refractivity contribution is -0.179. The Hall–Kier alpha value is -0.530. The molecule has 2 heteroatoms. The maximum absolute atomic E-state index is 12.7. The highest BCUT2D eigenvalue weighted by Gasteiger charge is 2.80. The fraction of sp³-hybridized carbons (Fsp3) is 0.971. The van der Waals surface area contributed by atoms with Crippen LogP contribution in [-0.2, 0) is 9.53 Å². The summed E-state index contributed by atoms with van der Waals surface area (Å²) < 4.78 is 6.24. The van der Waals surface area contributed by atoms with Gasteiger partial charge in [-0.15, -0.1) is 0 Å². The van der Waals surface area contributed by atoms with Gasteiger partial charge >= 0.3 is 5.97 Å². The third kappa shape index (κ3) is 3.87. The summed E-state index contributed by atoms with van der Waals surface area (Å²) in [5, 5.41) is 0. The smallest absolute Gasteiger partial charge is 0.308 e. The van der Waals surface area contributed by atoms with Crippen LogP contribution in [-0.4, -0.2) is 12.1 Å². The zero-order valence-electron chi connectivity index (χ0n) is 25.1. The maximum Gasteiger partial charge on any atom is 0.308 e. The molecule has 0 aromatic carbocycles. The molecule has 0 N–H and O–H groups in total. The third-order valence-corrected chi connectivity index (χ3v) is 13.7. The quantitative estimate of drug-likeness (QED) is 0.311. The minimum atomic E-state index is 0.0267. The molecule has 0 amide bonds. The van der Waals surface area contributed by atoms with Crippen LogP contribution >= 0.6 is 0 Å². The second-order valence-corrected chi connectivity index (χ2v) is 15.9. The number of rotatable bonds is 8. The molecule has 0 aliphatic heterocycles. The van der Waals surface area contributed by atoms with Crippen molar-refractivity contribution in [2.45, 2.75) is 145 Å². The number of esters is 1. The average molecular weight is 499 g/mol. The van der Waals surface area contributed by atoms with Gasteiger partial charge in [0.05, 0.1) is 5.92 Å². The van der Waals surface area contributed by atoms with E-state index in [2.05, 4.69) is 48.5 Å². The highest BCUT2D eigenvalue weighted by atomic mass is 16.5. The number of carbonyl (C=O) groups is 1. The first-order chi connectivity index (χ1) is 16.9. The number of hydrogen-bond acceptors (Lipinski definition) is 2. The van der Waals surface area contributed by atoms with Crippen molar-refractivity contribution in [2.75, 3.05) is 0 Å². The highest BCUT2D eigenvalue weighted by molar-refractivity contribution is 5.72. The van der Waals surface area contributed by atoms with Crippen LogP contribution in [0.3, 0.4) is 0 Å². The maximum atomic E-state index is 12.7. The molecule has 0 bridgehead atoms. The van der Waals surface area contributed by atoms with Gasteiger partial charge in [-0.25, -0.2) is 0 Å². The van der Waals surface area contributed by atoms with Gasteiger partial charge in [0.2, 0.25) is 0 Å². The molecule has 5 saturated carbocycles. The molecular weight excluding hydrogens is 440 g/mol. The van der Waals surface area contributed by atoms with Crippen molar-refractivity contribution in [2.24, 2.45) is 63.1 Å². The summed E-state index contributed by atoms with van der Waals surface area (Å²) in [7, 11) is 0. The van der Waals surface area contributed by atoms with Crippen molar-refractivity contribution >= 4 is 5.97 Å². The van der Waals surface area contributed by atoms with E-state index in [1.165, 1.54) is 70.6 Å². The molecular formula is C34H58O2. The van der Waals surface area contributed by atoms with Gasteiger partial charge in [0, 0.05) is 5.41 Å². The summed E-state index contributed by atoms with van der Waals surface area (Å²) >= 11 is 0. The second kappa shape index (κ2) is 9.29. The van der Waals surface area contributed by atoms with E-state index >= 15 is 0 Å². The van der Waals surface area contributed by atoms with Crippen molar-refractivity contribution in [3.63, 3.8) is 0 Å². The molecule has 2 nitrogen and oxygen atoms in total. The summed E-state index contributed by atoms with van der Waals surface area (Å²) in [6.07, 6.45) is 17.9. The van der Waals surface area contributed by atoms with Crippen LogP contribution < -0.4 is 0 Å². The van der Waals surface area contributed by atoms with Crippen LogP contribution in [0.5, 0.6) is 0 Å². The fourth-order valence-electron chi connectivity index (χ4n) is 11.5. The lowest BCUT2D eigenvalue weighted by Crippen LogP contribution is -2.55. The largest absolute Gasteiger partial charge is 0.462 e. The van der Waals surface area contributed by atoms with Gasteiger partial charge in [0.15, 0.2) is 0 Å². The van der Waals surface area contributed by atoms with Crippen LogP contribution in [0.1, 0.15) is 139 Å². The monoisotopic (exact) mass is 498 g/mol. The Morgan fingerprint density at radius 2 is 1.58 bits per heavy atom. The zero-order valence-corrected chi connectivity index (χ0v) is 25.1. The SMILES string of the molecule is CC[C@@H](C)C(=O)O[C@H]1CC[C@]23C[C@]24CC[C@]2(C)[C@@H]([C@H](C)CCCC(C)C)CC[C@H]2[C@@H]4CC[C@H]3C1(C)C. The van der Waals surface area contributed by atoms with E-state index in [0.29, 0.717) is 16.2 Å². The molecule has 0 heterocycles. The zero-order chi connectivity index (χ0) is 26.1. The fourth-order valence-corrected chi connectivity index (χ4v) is 11.5. The molecule has 36 heavy (non-hydrogen) atoms. The molecule has 0 unspecified atom stereocenters. The number of hydrogen-bond donors (Lipinski definition) is 0. The molecule has 0 saturated heterocycles. The minimum absolute atomic E-state index is 0.0267. The Bertz CT molecular complexity index is 829. The molecule has 0 aromatic heterocycles. The summed E-state index contributed by atoms with van der Waals surface area (Å²) in [4.78, 5) is 12.7. The van der Waals surface area contributed by atoms with Gasteiger partial charge < -0.3 is 4.74 Å². The van der Waals surface area contributed by atoms with Crippen LogP contribution in [0, 0.1) is 63.1 Å². The Balaban J connectivity index is 1.30. The van der Waals surface area contributed by atoms with Crippen LogP contribution in [0.4, 0.5) is 0 Å². The first kappa shape index (κ1) is 27.1. The van der Waals surface area contributed by atoms with Crippen molar-refractivity contribution in [3.8, 4) is 0 Å². The Kier molecular flexibility index (Phi) is 6.98. The van der Waals surface area contributed by atoms with E-state index in [1.807, 2.05) is 6.92 Å².